The van der Waals surface area contributed by atoms with Crippen molar-refractivity contribution < 1.29 is 19.2 Å². The van der Waals surface area contributed by atoms with Crippen molar-refractivity contribution in [2.45, 2.75) is 46.5 Å². The summed E-state index contributed by atoms with van der Waals surface area (Å²) in [5, 5.41) is 6.60. The second-order valence-corrected chi connectivity index (χ2v) is 9.07. The Morgan fingerprint density at radius 1 is 1.06 bits per heavy atom. The van der Waals surface area contributed by atoms with Crippen LogP contribution in [0.1, 0.15) is 45.1 Å². The highest BCUT2D eigenvalue weighted by Gasteiger charge is 2.28. The molecule has 2 fully saturated rings. The number of piperidine rings is 2. The molecule has 10 heteroatoms. The van der Waals surface area contributed by atoms with Crippen LogP contribution in [0.15, 0.2) is 6.07 Å². The van der Waals surface area contributed by atoms with Crippen LogP contribution in [0, 0.1) is 18.8 Å². The third-order valence-corrected chi connectivity index (χ3v) is 6.33. The largest absolute Gasteiger partial charge is 0.534 e. The van der Waals surface area contributed by atoms with Gasteiger partial charge in [0, 0.05) is 26.2 Å². The van der Waals surface area contributed by atoms with Gasteiger partial charge in [-0.3, -0.25) is 0 Å². The lowest BCUT2D eigenvalue weighted by atomic mass is 10.00. The molecule has 4 heterocycles. The van der Waals surface area contributed by atoms with Crippen LogP contribution in [0.25, 0.3) is 11.0 Å². The summed E-state index contributed by atoms with van der Waals surface area (Å²) >= 11 is 6.14. The molecule has 2 aliphatic heterocycles. The molecule has 168 valence electrons. The Morgan fingerprint density at radius 2 is 1.68 bits per heavy atom. The predicted molar refractivity (Wildman–Crippen MR) is 115 cm³/mol. The molecular weight excluding hydrogens is 422 g/mol. The summed E-state index contributed by atoms with van der Waals surface area (Å²) in [5.74, 6) is 1.18. The Bertz CT molecular complexity index is 978. The topological polar surface area (TPSA) is 89.8 Å². The first-order valence-corrected chi connectivity index (χ1v) is 11.2. The molecule has 2 aromatic rings. The van der Waals surface area contributed by atoms with Crippen LogP contribution in [0.4, 0.5) is 9.59 Å². The first-order valence-electron chi connectivity index (χ1n) is 10.8. The molecule has 1 amide bonds. The van der Waals surface area contributed by atoms with Crippen molar-refractivity contribution in [2.75, 3.05) is 26.2 Å². The molecule has 4 rings (SSSR count). The Hall–Kier alpha value is -2.39. The fourth-order valence-electron chi connectivity index (χ4n) is 4.04. The minimum absolute atomic E-state index is 0.00854. The van der Waals surface area contributed by atoms with E-state index in [1.54, 1.807) is 23.0 Å². The number of aromatic nitrogens is 3. The summed E-state index contributed by atoms with van der Waals surface area (Å²) in [7, 11) is 0. The van der Waals surface area contributed by atoms with E-state index in [9.17, 15) is 9.59 Å². The monoisotopic (exact) mass is 449 g/mol. The highest BCUT2D eigenvalue weighted by molar-refractivity contribution is 6.30. The number of likely N-dealkylation sites (tertiary alicyclic amines) is 1. The lowest BCUT2D eigenvalue weighted by Crippen LogP contribution is -2.40. The number of nitrogens with zero attached hydrogens (tertiary/aromatic N) is 5. The number of hydrogen-bond donors (Lipinski definition) is 0. The number of aryl methyl sites for hydroxylation is 1. The fraction of sp³-hybridized carbons (Fsp3) is 0.619. The lowest BCUT2D eigenvalue weighted by Gasteiger charge is -2.29. The van der Waals surface area contributed by atoms with Crippen molar-refractivity contribution in [3.05, 3.63) is 16.8 Å². The van der Waals surface area contributed by atoms with Crippen LogP contribution in [-0.4, -0.2) is 63.1 Å². The van der Waals surface area contributed by atoms with Crippen LogP contribution in [0.2, 0.25) is 5.15 Å². The molecule has 0 aromatic carbocycles. The average Bonchev–Trinajstić information content (AvgIpc) is 3.08. The van der Waals surface area contributed by atoms with Crippen LogP contribution in [-0.2, 0) is 4.84 Å². The molecule has 0 saturated carbocycles. The van der Waals surface area contributed by atoms with Crippen molar-refractivity contribution in [3.63, 3.8) is 0 Å². The van der Waals surface area contributed by atoms with E-state index < -0.39 is 6.16 Å². The van der Waals surface area contributed by atoms with Gasteiger partial charge in [-0.1, -0.05) is 25.4 Å². The van der Waals surface area contributed by atoms with Gasteiger partial charge in [0.2, 0.25) is 0 Å². The highest BCUT2D eigenvalue weighted by atomic mass is 35.5. The van der Waals surface area contributed by atoms with Crippen molar-refractivity contribution in [1.29, 1.82) is 0 Å². The van der Waals surface area contributed by atoms with E-state index in [1.165, 1.54) is 4.68 Å². The number of pyridine rings is 1. The summed E-state index contributed by atoms with van der Waals surface area (Å²) < 4.78 is 6.60. The first-order chi connectivity index (χ1) is 14.8. The van der Waals surface area contributed by atoms with Crippen LogP contribution in [0.5, 0.6) is 5.88 Å². The molecule has 0 radical (unpaired) electrons. The third-order valence-electron chi connectivity index (χ3n) is 6.13. The van der Waals surface area contributed by atoms with Gasteiger partial charge in [0.1, 0.15) is 5.15 Å². The van der Waals surface area contributed by atoms with E-state index in [2.05, 4.69) is 23.9 Å². The number of fused-ring (bicyclic) bond motifs is 1. The van der Waals surface area contributed by atoms with E-state index in [0.717, 1.165) is 25.7 Å². The normalized spacial score (nSPS) is 19.0. The Kier molecular flexibility index (Phi) is 6.34. The van der Waals surface area contributed by atoms with Crippen molar-refractivity contribution in [1.82, 2.24) is 24.7 Å². The second-order valence-electron chi connectivity index (χ2n) is 8.68. The molecule has 31 heavy (non-hydrogen) atoms. The Balaban J connectivity index is 1.58. The summed E-state index contributed by atoms with van der Waals surface area (Å²) in [6.45, 7) is 8.77. The van der Waals surface area contributed by atoms with Crippen LogP contribution < -0.4 is 4.74 Å². The molecule has 9 nitrogen and oxygen atoms in total. The zero-order chi connectivity index (χ0) is 22.1. The SMILES string of the molecule is Cc1cc(Cl)nc2c1c(OC(=O)ON1CCC(C)CC1)nn2C(=O)N1CCC(C)CC1. The summed E-state index contributed by atoms with van der Waals surface area (Å²) in [6.07, 6.45) is 2.89. The number of rotatable bonds is 2. The molecular formula is C21H28ClN5O4. The minimum Gasteiger partial charge on any atom is -0.372 e. The number of hydrogen-bond acceptors (Lipinski definition) is 7. The van der Waals surface area contributed by atoms with Gasteiger partial charge in [0.15, 0.2) is 5.65 Å². The minimum atomic E-state index is -0.880. The summed E-state index contributed by atoms with van der Waals surface area (Å²) in [5.41, 5.74) is 0.971. The molecule has 2 saturated heterocycles. The van der Waals surface area contributed by atoms with E-state index in [-0.39, 0.29) is 22.7 Å². The molecule has 2 aliphatic rings. The maximum absolute atomic E-state index is 13.2. The zero-order valence-corrected chi connectivity index (χ0v) is 18.9. The van der Waals surface area contributed by atoms with Gasteiger partial charge in [-0.05, 0) is 56.1 Å². The number of carbonyl (C=O) groups is 2. The molecule has 0 atom stereocenters. The fourth-order valence-corrected chi connectivity index (χ4v) is 4.28. The van der Waals surface area contributed by atoms with E-state index in [0.29, 0.717) is 49.0 Å². The van der Waals surface area contributed by atoms with Gasteiger partial charge < -0.3 is 14.5 Å². The predicted octanol–water partition coefficient (Wildman–Crippen LogP) is 4.26. The van der Waals surface area contributed by atoms with Gasteiger partial charge in [0.25, 0.3) is 5.88 Å². The quantitative estimate of drug-likeness (QED) is 0.499. The lowest BCUT2D eigenvalue weighted by molar-refractivity contribution is -0.131. The Morgan fingerprint density at radius 3 is 2.32 bits per heavy atom. The number of carbonyl (C=O) groups excluding carboxylic acids is 2. The van der Waals surface area contributed by atoms with Gasteiger partial charge >= 0.3 is 12.2 Å². The van der Waals surface area contributed by atoms with Gasteiger partial charge in [-0.2, -0.15) is 4.68 Å². The average molecular weight is 450 g/mol. The van der Waals surface area contributed by atoms with E-state index >= 15 is 0 Å². The van der Waals surface area contributed by atoms with Crippen molar-refractivity contribution in [3.8, 4) is 5.88 Å². The second kappa shape index (κ2) is 9.00. The molecule has 2 aromatic heterocycles. The maximum Gasteiger partial charge on any atom is 0.534 e. The molecule has 0 N–H and O–H groups in total. The van der Waals surface area contributed by atoms with Gasteiger partial charge in [-0.25, -0.2) is 14.6 Å². The summed E-state index contributed by atoms with van der Waals surface area (Å²) in [6, 6.07) is 1.34. The molecule has 0 aliphatic carbocycles. The molecule has 0 bridgehead atoms. The number of hydroxylamine groups is 2. The smallest absolute Gasteiger partial charge is 0.372 e. The Labute approximate surface area is 186 Å². The van der Waals surface area contributed by atoms with E-state index in [1.807, 2.05) is 0 Å². The highest BCUT2D eigenvalue weighted by Crippen LogP contribution is 2.30. The van der Waals surface area contributed by atoms with Crippen molar-refractivity contribution >= 4 is 34.8 Å². The molecule has 0 spiro atoms. The van der Waals surface area contributed by atoms with Crippen LogP contribution >= 0.6 is 11.6 Å². The standard InChI is InChI=1S/C21H28ClN5O4/c1-13-4-8-25(9-5-13)20(28)27-18-17(15(3)12-16(22)23-18)19(24-27)30-21(29)31-26-10-6-14(2)7-11-26/h12-14H,4-11H2,1-3H3. The van der Waals surface area contributed by atoms with Gasteiger partial charge in [0.05, 0.1) is 5.39 Å². The summed E-state index contributed by atoms with van der Waals surface area (Å²) in [4.78, 5) is 36.9. The van der Waals surface area contributed by atoms with Crippen LogP contribution in [0.3, 0.4) is 0 Å². The number of amides is 1. The maximum atomic E-state index is 13.2. The van der Waals surface area contributed by atoms with Gasteiger partial charge in [-0.15, -0.1) is 10.2 Å². The van der Waals surface area contributed by atoms with Crippen molar-refractivity contribution in [2.24, 2.45) is 11.8 Å². The zero-order valence-electron chi connectivity index (χ0n) is 18.1. The first kappa shape index (κ1) is 21.8. The molecule has 0 unspecified atom stereocenters. The van der Waals surface area contributed by atoms with E-state index in [4.69, 9.17) is 21.2 Å². The number of halogens is 1. The number of ether oxygens (including phenoxy) is 1. The third kappa shape index (κ3) is 4.77.